The minimum absolute atomic E-state index is 0.0412. The Morgan fingerprint density at radius 3 is 2.73 bits per heavy atom. The SMILES string of the molecule is COCCNCc1ccc(-c2cc3nccc(Oc4ccc(NC(=S)NC(=O)Cc5ccccc5)cc4F)c3s2)o1. The van der Waals surface area contributed by atoms with Crippen LogP contribution >= 0.6 is 23.6 Å². The van der Waals surface area contributed by atoms with Gasteiger partial charge in [0.25, 0.3) is 0 Å². The summed E-state index contributed by atoms with van der Waals surface area (Å²) in [6.45, 7) is 1.94. The number of fused-ring (bicyclic) bond motifs is 1. The molecular formula is C30H27FN4O4S2. The quantitative estimate of drug-likeness (QED) is 0.122. The molecule has 0 unspecified atom stereocenters. The van der Waals surface area contributed by atoms with E-state index in [1.807, 2.05) is 48.5 Å². The van der Waals surface area contributed by atoms with E-state index >= 15 is 4.39 Å². The Hall–Kier alpha value is -4.16. The Labute approximate surface area is 245 Å². The van der Waals surface area contributed by atoms with Crippen LogP contribution in [0, 0.1) is 5.82 Å². The number of halogens is 1. The van der Waals surface area contributed by atoms with E-state index in [4.69, 9.17) is 26.1 Å². The third kappa shape index (κ3) is 7.53. The molecule has 0 atom stereocenters. The highest BCUT2D eigenvalue weighted by Gasteiger charge is 2.15. The summed E-state index contributed by atoms with van der Waals surface area (Å²) in [5, 5.41) is 8.78. The Morgan fingerprint density at radius 1 is 1.07 bits per heavy atom. The maximum absolute atomic E-state index is 15.0. The standard InChI is InChI=1S/C30H27FN4O4S2/c1-37-14-13-32-18-21-8-10-25(38-21)27-17-23-29(41-27)26(11-12-33-23)39-24-9-7-20(16-22(24)31)34-30(40)35-28(36)15-19-5-3-2-4-6-19/h2-12,16-17,32H,13-15,18H2,1H3,(H2,34,35,36,40). The zero-order chi connectivity index (χ0) is 28.6. The van der Waals surface area contributed by atoms with Crippen molar-refractivity contribution >= 4 is 50.5 Å². The van der Waals surface area contributed by atoms with Crippen molar-refractivity contribution in [2.75, 3.05) is 25.6 Å². The second kappa shape index (κ2) is 13.5. The van der Waals surface area contributed by atoms with Crippen LogP contribution in [0.25, 0.3) is 20.9 Å². The first-order valence-corrected chi connectivity index (χ1v) is 14.0. The van der Waals surface area contributed by atoms with Gasteiger partial charge in [0.05, 0.1) is 34.7 Å². The van der Waals surface area contributed by atoms with Crippen LogP contribution in [0.4, 0.5) is 10.1 Å². The summed E-state index contributed by atoms with van der Waals surface area (Å²) in [7, 11) is 1.66. The van der Waals surface area contributed by atoms with E-state index in [1.165, 1.54) is 23.5 Å². The average molecular weight is 591 g/mol. The molecule has 0 aliphatic rings. The molecule has 41 heavy (non-hydrogen) atoms. The van der Waals surface area contributed by atoms with Crippen molar-refractivity contribution in [3.63, 3.8) is 0 Å². The Bertz CT molecular complexity index is 1660. The number of rotatable bonds is 11. The number of amides is 1. The van der Waals surface area contributed by atoms with E-state index in [9.17, 15) is 4.79 Å². The normalized spacial score (nSPS) is 11.0. The molecule has 0 radical (unpaired) electrons. The molecule has 3 heterocycles. The maximum atomic E-state index is 15.0. The summed E-state index contributed by atoms with van der Waals surface area (Å²) in [6, 6.07) is 21.2. The second-order valence-corrected chi connectivity index (χ2v) is 10.4. The molecule has 0 saturated carbocycles. The molecule has 0 spiro atoms. The third-order valence-corrected chi connectivity index (χ3v) is 7.29. The largest absolute Gasteiger partial charge is 0.459 e. The molecule has 5 aromatic rings. The number of thiocarbonyl (C=S) groups is 1. The average Bonchev–Trinajstić information content (AvgIpc) is 3.61. The first-order chi connectivity index (χ1) is 20.0. The molecule has 8 nitrogen and oxygen atoms in total. The molecule has 0 saturated heterocycles. The van der Waals surface area contributed by atoms with Gasteiger partial charge in [-0.15, -0.1) is 11.3 Å². The van der Waals surface area contributed by atoms with Crippen LogP contribution in [0.2, 0.25) is 0 Å². The highest BCUT2D eigenvalue weighted by Crippen LogP contribution is 2.40. The number of anilines is 1. The van der Waals surface area contributed by atoms with Crippen LogP contribution in [-0.4, -0.2) is 36.3 Å². The molecule has 0 aliphatic carbocycles. The smallest absolute Gasteiger partial charge is 0.230 e. The van der Waals surface area contributed by atoms with Gasteiger partial charge in [-0.1, -0.05) is 30.3 Å². The van der Waals surface area contributed by atoms with Gasteiger partial charge >= 0.3 is 0 Å². The molecule has 1 amide bonds. The number of aromatic nitrogens is 1. The van der Waals surface area contributed by atoms with Crippen molar-refractivity contribution in [1.82, 2.24) is 15.6 Å². The van der Waals surface area contributed by atoms with Crippen molar-refractivity contribution in [3.8, 4) is 22.1 Å². The van der Waals surface area contributed by atoms with Crippen LogP contribution in [-0.2, 0) is 22.5 Å². The van der Waals surface area contributed by atoms with Gasteiger partial charge in [-0.2, -0.15) is 0 Å². The lowest BCUT2D eigenvalue weighted by atomic mass is 10.1. The molecule has 210 valence electrons. The predicted molar refractivity (Wildman–Crippen MR) is 162 cm³/mol. The Morgan fingerprint density at radius 2 is 1.93 bits per heavy atom. The summed E-state index contributed by atoms with van der Waals surface area (Å²) in [5.41, 5.74) is 1.96. The van der Waals surface area contributed by atoms with Crippen LogP contribution in [0.15, 0.2) is 83.4 Å². The lowest BCUT2D eigenvalue weighted by Crippen LogP contribution is -2.35. The van der Waals surface area contributed by atoms with Gasteiger partial charge in [-0.25, -0.2) is 4.39 Å². The van der Waals surface area contributed by atoms with Crippen molar-refractivity contribution in [2.45, 2.75) is 13.0 Å². The van der Waals surface area contributed by atoms with Gasteiger partial charge in [0.2, 0.25) is 5.91 Å². The number of carbonyl (C=O) groups is 1. The number of thiophene rings is 1. The Balaban J connectivity index is 1.23. The first-order valence-electron chi connectivity index (χ1n) is 12.8. The number of methoxy groups -OCH3 is 1. The van der Waals surface area contributed by atoms with E-state index in [1.54, 1.807) is 25.4 Å². The summed E-state index contributed by atoms with van der Waals surface area (Å²) < 4.78 is 32.8. The van der Waals surface area contributed by atoms with E-state index < -0.39 is 5.82 Å². The molecule has 2 aromatic carbocycles. The van der Waals surface area contributed by atoms with Gasteiger partial charge in [0.15, 0.2) is 16.7 Å². The van der Waals surface area contributed by atoms with Crippen molar-refractivity contribution in [2.24, 2.45) is 0 Å². The van der Waals surface area contributed by atoms with Crippen LogP contribution in [0.1, 0.15) is 11.3 Å². The molecule has 0 fully saturated rings. The molecule has 5 rings (SSSR count). The topological polar surface area (TPSA) is 97.6 Å². The first kappa shape index (κ1) is 28.4. The zero-order valence-electron chi connectivity index (χ0n) is 22.1. The summed E-state index contributed by atoms with van der Waals surface area (Å²) >= 11 is 6.67. The number of hydrogen-bond donors (Lipinski definition) is 3. The van der Waals surface area contributed by atoms with Crippen LogP contribution in [0.5, 0.6) is 11.5 Å². The van der Waals surface area contributed by atoms with Gasteiger partial charge in [0.1, 0.15) is 17.3 Å². The molecular weight excluding hydrogens is 563 g/mol. The lowest BCUT2D eigenvalue weighted by molar-refractivity contribution is -0.119. The molecule has 0 aliphatic heterocycles. The van der Waals surface area contributed by atoms with Gasteiger partial charge < -0.3 is 29.8 Å². The third-order valence-electron chi connectivity index (χ3n) is 5.93. The number of nitrogens with one attached hydrogen (secondary N) is 3. The van der Waals surface area contributed by atoms with E-state index in [0.29, 0.717) is 30.1 Å². The molecule has 3 N–H and O–H groups in total. The number of nitrogens with zero attached hydrogens (tertiary/aromatic N) is 1. The van der Waals surface area contributed by atoms with Crippen molar-refractivity contribution in [1.29, 1.82) is 0 Å². The maximum Gasteiger partial charge on any atom is 0.230 e. The number of benzene rings is 2. The molecule has 3 aromatic heterocycles. The van der Waals surface area contributed by atoms with Gasteiger partial charge in [-0.3, -0.25) is 9.78 Å². The van der Waals surface area contributed by atoms with Crippen molar-refractivity contribution in [3.05, 3.63) is 96.1 Å². The Kier molecular flexibility index (Phi) is 9.32. The van der Waals surface area contributed by atoms with E-state index in [2.05, 4.69) is 20.9 Å². The van der Waals surface area contributed by atoms with Crippen LogP contribution < -0.4 is 20.7 Å². The fourth-order valence-corrected chi connectivity index (χ4v) is 5.26. The number of pyridine rings is 1. The molecule has 11 heteroatoms. The van der Waals surface area contributed by atoms with Crippen molar-refractivity contribution < 1.29 is 23.1 Å². The fourth-order valence-electron chi connectivity index (χ4n) is 4.00. The highest BCUT2D eigenvalue weighted by molar-refractivity contribution is 7.80. The second-order valence-electron chi connectivity index (χ2n) is 8.98. The monoisotopic (exact) mass is 590 g/mol. The fraction of sp³-hybridized carbons (Fsp3) is 0.167. The number of ether oxygens (including phenoxy) is 2. The van der Waals surface area contributed by atoms with Crippen LogP contribution in [0.3, 0.4) is 0 Å². The van der Waals surface area contributed by atoms with E-state index in [-0.39, 0.29) is 23.2 Å². The number of carbonyl (C=O) groups excluding carboxylic acids is 1. The lowest BCUT2D eigenvalue weighted by Gasteiger charge is -2.12. The van der Waals surface area contributed by atoms with E-state index in [0.717, 1.165) is 33.2 Å². The molecule has 0 bridgehead atoms. The minimum Gasteiger partial charge on any atom is -0.459 e. The number of hydrogen-bond acceptors (Lipinski definition) is 8. The minimum atomic E-state index is -0.591. The number of furan rings is 1. The summed E-state index contributed by atoms with van der Waals surface area (Å²) in [6.07, 6.45) is 1.80. The van der Waals surface area contributed by atoms with Gasteiger partial charge in [0, 0.05) is 37.7 Å². The summed E-state index contributed by atoms with van der Waals surface area (Å²) in [4.78, 5) is 17.6. The summed E-state index contributed by atoms with van der Waals surface area (Å²) in [5.74, 6) is 1.18. The van der Waals surface area contributed by atoms with Gasteiger partial charge in [-0.05, 0) is 48.1 Å². The predicted octanol–water partition coefficient (Wildman–Crippen LogP) is 6.28. The zero-order valence-corrected chi connectivity index (χ0v) is 23.7. The highest BCUT2D eigenvalue weighted by atomic mass is 32.1.